The SMILES string of the molecule is Cc1ccc(Cl)cc1Nc1ncn(-c2cc(F)cc(F)c2)n1. The Labute approximate surface area is 130 Å². The van der Waals surface area contributed by atoms with E-state index in [4.69, 9.17) is 11.6 Å². The van der Waals surface area contributed by atoms with E-state index in [2.05, 4.69) is 15.4 Å². The molecule has 7 heteroatoms. The van der Waals surface area contributed by atoms with Gasteiger partial charge in [0.25, 0.3) is 0 Å². The molecule has 0 saturated carbocycles. The standard InChI is InChI=1S/C15H11ClF2N4/c1-9-2-3-10(16)4-14(9)20-15-19-8-22(21-15)13-6-11(17)5-12(18)7-13/h2-8H,1H3,(H,20,21). The maximum atomic E-state index is 13.2. The Morgan fingerprint density at radius 1 is 1.09 bits per heavy atom. The van der Waals surface area contributed by atoms with E-state index in [1.807, 2.05) is 13.0 Å². The van der Waals surface area contributed by atoms with E-state index < -0.39 is 11.6 Å². The van der Waals surface area contributed by atoms with E-state index in [9.17, 15) is 8.78 Å². The number of rotatable bonds is 3. The molecule has 0 spiro atoms. The smallest absolute Gasteiger partial charge is 0.246 e. The second kappa shape index (κ2) is 5.73. The van der Waals surface area contributed by atoms with Gasteiger partial charge in [-0.1, -0.05) is 17.7 Å². The van der Waals surface area contributed by atoms with Gasteiger partial charge in [0.05, 0.1) is 5.69 Å². The molecule has 22 heavy (non-hydrogen) atoms. The average molecular weight is 321 g/mol. The van der Waals surface area contributed by atoms with E-state index in [0.29, 0.717) is 11.0 Å². The molecule has 4 nitrogen and oxygen atoms in total. The average Bonchev–Trinajstić information content (AvgIpc) is 2.90. The normalized spacial score (nSPS) is 10.7. The molecule has 2 aromatic carbocycles. The van der Waals surface area contributed by atoms with Gasteiger partial charge < -0.3 is 5.32 Å². The van der Waals surface area contributed by atoms with Crippen molar-refractivity contribution in [2.75, 3.05) is 5.32 Å². The molecule has 0 bridgehead atoms. The molecule has 3 aromatic rings. The third-order valence-electron chi connectivity index (χ3n) is 3.05. The minimum Gasteiger partial charge on any atom is -0.323 e. The lowest BCUT2D eigenvalue weighted by Crippen LogP contribution is -1.99. The molecule has 1 aromatic heterocycles. The number of aromatic nitrogens is 3. The summed E-state index contributed by atoms with van der Waals surface area (Å²) in [7, 11) is 0. The van der Waals surface area contributed by atoms with Gasteiger partial charge in [0.2, 0.25) is 5.95 Å². The summed E-state index contributed by atoms with van der Waals surface area (Å²) in [5.74, 6) is -1.05. The first kappa shape index (κ1) is 14.5. The summed E-state index contributed by atoms with van der Waals surface area (Å²) in [5, 5.41) is 7.75. The number of benzene rings is 2. The van der Waals surface area contributed by atoms with Crippen molar-refractivity contribution < 1.29 is 8.78 Å². The largest absolute Gasteiger partial charge is 0.323 e. The van der Waals surface area contributed by atoms with E-state index in [0.717, 1.165) is 17.3 Å². The first-order valence-corrected chi connectivity index (χ1v) is 6.80. The van der Waals surface area contributed by atoms with Crippen LogP contribution in [0.3, 0.4) is 0 Å². The van der Waals surface area contributed by atoms with Crippen LogP contribution in [0.2, 0.25) is 5.02 Å². The third kappa shape index (κ3) is 3.07. The van der Waals surface area contributed by atoms with Crippen molar-refractivity contribution in [3.63, 3.8) is 0 Å². The van der Waals surface area contributed by atoms with Crippen LogP contribution in [0.1, 0.15) is 5.56 Å². The van der Waals surface area contributed by atoms with Gasteiger partial charge in [-0.05, 0) is 36.8 Å². The highest BCUT2D eigenvalue weighted by Gasteiger charge is 2.08. The molecule has 0 radical (unpaired) electrons. The van der Waals surface area contributed by atoms with Crippen molar-refractivity contribution in [2.45, 2.75) is 6.92 Å². The van der Waals surface area contributed by atoms with Crippen molar-refractivity contribution in [3.05, 3.63) is 64.9 Å². The zero-order chi connectivity index (χ0) is 15.7. The van der Waals surface area contributed by atoms with Gasteiger partial charge in [0, 0.05) is 16.8 Å². The highest BCUT2D eigenvalue weighted by Crippen LogP contribution is 2.23. The van der Waals surface area contributed by atoms with Gasteiger partial charge in [-0.2, -0.15) is 4.98 Å². The maximum absolute atomic E-state index is 13.2. The lowest BCUT2D eigenvalue weighted by Gasteiger charge is -2.06. The summed E-state index contributed by atoms with van der Waals surface area (Å²) >= 11 is 5.95. The Bertz CT molecular complexity index is 812. The minimum atomic E-state index is -0.675. The summed E-state index contributed by atoms with van der Waals surface area (Å²) < 4.78 is 27.8. The molecule has 0 unspecified atom stereocenters. The number of halogens is 3. The summed E-state index contributed by atoms with van der Waals surface area (Å²) in [6.07, 6.45) is 1.37. The van der Waals surface area contributed by atoms with Crippen LogP contribution in [0.5, 0.6) is 0 Å². The third-order valence-corrected chi connectivity index (χ3v) is 3.28. The van der Waals surface area contributed by atoms with E-state index >= 15 is 0 Å². The topological polar surface area (TPSA) is 42.7 Å². The molecule has 0 amide bonds. The molecule has 0 fully saturated rings. The van der Waals surface area contributed by atoms with Crippen LogP contribution in [0.4, 0.5) is 20.4 Å². The molecule has 0 aliphatic rings. The van der Waals surface area contributed by atoms with E-state index in [1.54, 1.807) is 12.1 Å². The fourth-order valence-electron chi connectivity index (χ4n) is 1.97. The first-order chi connectivity index (χ1) is 10.5. The number of aryl methyl sites for hydroxylation is 1. The number of nitrogens with zero attached hydrogens (tertiary/aromatic N) is 3. The van der Waals surface area contributed by atoms with Crippen molar-refractivity contribution in [1.82, 2.24) is 14.8 Å². The lowest BCUT2D eigenvalue weighted by atomic mass is 10.2. The molecular formula is C15H11ClF2N4. The van der Waals surface area contributed by atoms with Crippen LogP contribution in [-0.4, -0.2) is 14.8 Å². The number of anilines is 2. The predicted octanol–water partition coefficient (Wildman–Crippen LogP) is 4.25. The van der Waals surface area contributed by atoms with Gasteiger partial charge in [0.1, 0.15) is 18.0 Å². The highest BCUT2D eigenvalue weighted by atomic mass is 35.5. The van der Waals surface area contributed by atoms with Gasteiger partial charge in [-0.15, -0.1) is 5.10 Å². The van der Waals surface area contributed by atoms with Crippen LogP contribution in [0.25, 0.3) is 5.69 Å². The van der Waals surface area contributed by atoms with Crippen molar-refractivity contribution in [2.24, 2.45) is 0 Å². The van der Waals surface area contributed by atoms with E-state index in [-0.39, 0.29) is 5.69 Å². The monoisotopic (exact) mass is 320 g/mol. The van der Waals surface area contributed by atoms with Crippen molar-refractivity contribution in [3.8, 4) is 5.69 Å². The molecule has 3 rings (SSSR count). The quantitative estimate of drug-likeness (QED) is 0.784. The van der Waals surface area contributed by atoms with Crippen LogP contribution in [0, 0.1) is 18.6 Å². The Morgan fingerprint density at radius 3 is 2.55 bits per heavy atom. The molecular weight excluding hydrogens is 310 g/mol. The Balaban J connectivity index is 1.89. The molecule has 112 valence electrons. The van der Waals surface area contributed by atoms with Crippen LogP contribution in [0.15, 0.2) is 42.7 Å². The second-order valence-corrected chi connectivity index (χ2v) is 5.16. The van der Waals surface area contributed by atoms with Crippen LogP contribution in [-0.2, 0) is 0 Å². The Morgan fingerprint density at radius 2 is 1.82 bits per heavy atom. The summed E-state index contributed by atoms with van der Waals surface area (Å²) in [4.78, 5) is 4.07. The van der Waals surface area contributed by atoms with Crippen LogP contribution < -0.4 is 5.32 Å². The summed E-state index contributed by atoms with van der Waals surface area (Å²) in [6, 6.07) is 8.54. The van der Waals surface area contributed by atoms with Crippen molar-refractivity contribution in [1.29, 1.82) is 0 Å². The lowest BCUT2D eigenvalue weighted by molar-refractivity contribution is 0.580. The highest BCUT2D eigenvalue weighted by molar-refractivity contribution is 6.30. The van der Waals surface area contributed by atoms with Crippen LogP contribution >= 0.6 is 11.6 Å². The molecule has 0 aliphatic heterocycles. The molecule has 1 N–H and O–H groups in total. The molecule has 0 saturated heterocycles. The van der Waals surface area contributed by atoms with Gasteiger partial charge in [0.15, 0.2) is 0 Å². The number of hydrogen-bond acceptors (Lipinski definition) is 3. The summed E-state index contributed by atoms with van der Waals surface area (Å²) in [6.45, 7) is 1.91. The first-order valence-electron chi connectivity index (χ1n) is 6.42. The molecule has 1 heterocycles. The second-order valence-electron chi connectivity index (χ2n) is 4.72. The molecule has 0 atom stereocenters. The predicted molar refractivity (Wildman–Crippen MR) is 80.7 cm³/mol. The Hall–Kier alpha value is -2.47. The summed E-state index contributed by atoms with van der Waals surface area (Å²) in [5.41, 5.74) is 1.98. The zero-order valence-electron chi connectivity index (χ0n) is 11.5. The van der Waals surface area contributed by atoms with Gasteiger partial charge in [-0.25, -0.2) is 13.5 Å². The minimum absolute atomic E-state index is 0.251. The van der Waals surface area contributed by atoms with E-state index in [1.165, 1.54) is 23.1 Å². The van der Waals surface area contributed by atoms with Crippen molar-refractivity contribution >= 4 is 23.2 Å². The fraction of sp³-hybridized carbons (Fsp3) is 0.0667. The number of nitrogens with one attached hydrogen (secondary N) is 1. The Kier molecular flexibility index (Phi) is 3.77. The number of hydrogen-bond donors (Lipinski definition) is 1. The fourth-order valence-corrected chi connectivity index (χ4v) is 2.14. The molecule has 0 aliphatic carbocycles. The zero-order valence-corrected chi connectivity index (χ0v) is 12.3. The maximum Gasteiger partial charge on any atom is 0.246 e. The van der Waals surface area contributed by atoms with Gasteiger partial charge >= 0.3 is 0 Å². The van der Waals surface area contributed by atoms with Gasteiger partial charge in [-0.3, -0.25) is 0 Å².